The molecule has 0 spiro atoms. The molecule has 33 heavy (non-hydrogen) atoms. The fourth-order valence-corrected chi connectivity index (χ4v) is 3.75. The molecule has 168 valence electrons. The van der Waals surface area contributed by atoms with Gasteiger partial charge in [-0.15, -0.1) is 11.3 Å². The van der Waals surface area contributed by atoms with Crippen molar-refractivity contribution < 1.29 is 23.8 Å². The molecule has 0 aliphatic carbocycles. The second kappa shape index (κ2) is 10.0. The third-order valence-corrected chi connectivity index (χ3v) is 5.68. The molecule has 0 fully saturated rings. The van der Waals surface area contributed by atoms with E-state index in [1.807, 2.05) is 36.5 Å². The summed E-state index contributed by atoms with van der Waals surface area (Å²) in [7, 11) is 2.95. The minimum Gasteiger partial charge on any atom is -0.493 e. The molecular weight excluding hydrogens is 442 g/mol. The van der Waals surface area contributed by atoms with Gasteiger partial charge in [0.2, 0.25) is 0 Å². The Morgan fingerprint density at radius 1 is 1.03 bits per heavy atom. The maximum Gasteiger partial charge on any atom is 0.340 e. The number of carbonyl (C=O) groups is 2. The van der Waals surface area contributed by atoms with E-state index in [9.17, 15) is 9.59 Å². The summed E-state index contributed by atoms with van der Waals surface area (Å²) < 4.78 is 17.9. The van der Waals surface area contributed by atoms with Crippen LogP contribution in [0.1, 0.15) is 25.6 Å². The number of benzene rings is 2. The van der Waals surface area contributed by atoms with Crippen LogP contribution in [0.5, 0.6) is 11.5 Å². The summed E-state index contributed by atoms with van der Waals surface area (Å²) in [6, 6.07) is 15.8. The van der Waals surface area contributed by atoms with Crippen LogP contribution in [0.2, 0.25) is 0 Å². The van der Waals surface area contributed by atoms with Crippen molar-refractivity contribution in [2.24, 2.45) is 0 Å². The number of thiophene rings is 1. The van der Waals surface area contributed by atoms with E-state index in [0.717, 1.165) is 11.3 Å². The number of hydrogen-bond acceptors (Lipinski definition) is 7. The first-order valence-corrected chi connectivity index (χ1v) is 10.8. The maximum absolute atomic E-state index is 12.9. The fraction of sp³-hybridized carbons (Fsp3) is 0.125. The molecular formula is C24H21N3O5S. The van der Waals surface area contributed by atoms with Gasteiger partial charge in [0.1, 0.15) is 6.61 Å². The van der Waals surface area contributed by atoms with Gasteiger partial charge in [-0.05, 0) is 35.2 Å². The summed E-state index contributed by atoms with van der Waals surface area (Å²) >= 11 is 1.30. The summed E-state index contributed by atoms with van der Waals surface area (Å²) in [4.78, 5) is 26.0. The Kier molecular flexibility index (Phi) is 6.70. The van der Waals surface area contributed by atoms with E-state index in [4.69, 9.17) is 14.2 Å². The zero-order valence-corrected chi connectivity index (χ0v) is 18.8. The highest BCUT2D eigenvalue weighted by atomic mass is 32.1. The molecule has 2 aromatic carbocycles. The Hall–Kier alpha value is -4.11. The molecule has 0 radical (unpaired) electrons. The van der Waals surface area contributed by atoms with Gasteiger partial charge in [-0.1, -0.05) is 18.2 Å². The van der Waals surface area contributed by atoms with E-state index < -0.39 is 5.97 Å². The first kappa shape index (κ1) is 22.1. The lowest BCUT2D eigenvalue weighted by Crippen LogP contribution is -2.15. The molecule has 0 bridgehead atoms. The third kappa shape index (κ3) is 5.04. The number of methoxy groups -OCH3 is 2. The minimum absolute atomic E-state index is 0.0604. The number of anilines is 1. The Morgan fingerprint density at radius 3 is 2.42 bits per heavy atom. The van der Waals surface area contributed by atoms with Crippen LogP contribution in [-0.4, -0.2) is 35.9 Å². The van der Waals surface area contributed by atoms with Crippen molar-refractivity contribution in [1.29, 1.82) is 0 Å². The first-order chi connectivity index (χ1) is 16.1. The predicted octanol–water partition coefficient (Wildman–Crippen LogP) is 4.56. The van der Waals surface area contributed by atoms with Crippen LogP contribution in [0.4, 0.5) is 5.69 Å². The molecule has 9 heteroatoms. The Morgan fingerprint density at radius 2 is 1.79 bits per heavy atom. The quantitative estimate of drug-likeness (QED) is 0.385. The second-order valence-corrected chi connectivity index (χ2v) is 7.83. The Labute approximate surface area is 194 Å². The molecule has 4 aromatic rings. The van der Waals surface area contributed by atoms with Gasteiger partial charge in [0.05, 0.1) is 36.0 Å². The molecule has 0 aliphatic heterocycles. The highest BCUT2D eigenvalue weighted by Gasteiger charge is 2.20. The molecule has 2 heterocycles. The smallest absolute Gasteiger partial charge is 0.340 e. The fourth-order valence-electron chi connectivity index (χ4n) is 3.14. The molecule has 4 rings (SSSR count). The largest absolute Gasteiger partial charge is 0.493 e. The summed E-state index contributed by atoms with van der Waals surface area (Å²) in [6.07, 6.45) is 3.55. The van der Waals surface area contributed by atoms with Gasteiger partial charge in [0.25, 0.3) is 5.91 Å². The lowest BCUT2D eigenvalue weighted by molar-refractivity contribution is 0.0473. The van der Waals surface area contributed by atoms with Gasteiger partial charge < -0.3 is 19.5 Å². The number of ether oxygens (including phenoxy) is 3. The van der Waals surface area contributed by atoms with Gasteiger partial charge in [0.15, 0.2) is 11.5 Å². The highest BCUT2D eigenvalue weighted by Crippen LogP contribution is 2.34. The summed E-state index contributed by atoms with van der Waals surface area (Å²) in [5.74, 6) is -0.207. The number of nitrogens with one attached hydrogen (secondary N) is 1. The van der Waals surface area contributed by atoms with Gasteiger partial charge in [-0.3, -0.25) is 4.79 Å². The normalized spacial score (nSPS) is 10.5. The Balaban J connectivity index is 1.53. The van der Waals surface area contributed by atoms with Crippen molar-refractivity contribution in [1.82, 2.24) is 9.78 Å². The standard InChI is InChI=1S/C24H21N3O5S/c1-30-20-13-18(19(14-21(20)31-2)26-23(28)22-5-3-12-33-22)24(29)32-15-16-6-8-17(9-7-16)27-11-4-10-25-27/h3-14H,15H2,1-2H3,(H,26,28). The zero-order chi connectivity index (χ0) is 23.2. The van der Waals surface area contributed by atoms with Crippen LogP contribution < -0.4 is 14.8 Å². The van der Waals surface area contributed by atoms with E-state index in [1.54, 1.807) is 34.5 Å². The van der Waals surface area contributed by atoms with Gasteiger partial charge in [0, 0.05) is 24.5 Å². The van der Waals surface area contributed by atoms with Crippen molar-refractivity contribution in [2.75, 3.05) is 19.5 Å². The average molecular weight is 464 g/mol. The van der Waals surface area contributed by atoms with Crippen LogP contribution in [0, 0.1) is 0 Å². The SMILES string of the molecule is COc1cc(NC(=O)c2cccs2)c(C(=O)OCc2ccc(-n3cccn3)cc2)cc1OC. The van der Waals surface area contributed by atoms with Crippen molar-refractivity contribution in [3.8, 4) is 17.2 Å². The molecule has 1 amide bonds. The van der Waals surface area contributed by atoms with Crippen molar-refractivity contribution in [2.45, 2.75) is 6.61 Å². The second-order valence-electron chi connectivity index (χ2n) is 6.88. The highest BCUT2D eigenvalue weighted by molar-refractivity contribution is 7.12. The van der Waals surface area contributed by atoms with Gasteiger partial charge >= 0.3 is 5.97 Å². The minimum atomic E-state index is -0.603. The Bertz CT molecular complexity index is 1240. The van der Waals surface area contributed by atoms with E-state index in [-0.39, 0.29) is 23.8 Å². The first-order valence-electron chi connectivity index (χ1n) is 9.96. The molecule has 0 saturated heterocycles. The van der Waals surface area contributed by atoms with Crippen molar-refractivity contribution >= 4 is 28.9 Å². The topological polar surface area (TPSA) is 91.7 Å². The van der Waals surface area contributed by atoms with Crippen LogP contribution in [0.15, 0.2) is 72.4 Å². The van der Waals surface area contributed by atoms with Crippen molar-refractivity contribution in [3.05, 3.63) is 88.4 Å². The van der Waals surface area contributed by atoms with Crippen LogP contribution in [0.3, 0.4) is 0 Å². The third-order valence-electron chi connectivity index (χ3n) is 4.81. The number of carbonyl (C=O) groups excluding carboxylic acids is 2. The molecule has 0 atom stereocenters. The number of nitrogens with zero attached hydrogens (tertiary/aromatic N) is 2. The van der Waals surface area contributed by atoms with Crippen LogP contribution in [0.25, 0.3) is 5.69 Å². The van der Waals surface area contributed by atoms with E-state index in [1.165, 1.54) is 31.6 Å². The molecule has 0 unspecified atom stereocenters. The van der Waals surface area contributed by atoms with Gasteiger partial charge in [-0.2, -0.15) is 5.10 Å². The predicted molar refractivity (Wildman–Crippen MR) is 125 cm³/mol. The van der Waals surface area contributed by atoms with E-state index >= 15 is 0 Å². The van der Waals surface area contributed by atoms with Gasteiger partial charge in [-0.25, -0.2) is 9.48 Å². The summed E-state index contributed by atoms with van der Waals surface area (Å²) in [5, 5.41) is 8.76. The number of rotatable bonds is 8. The zero-order valence-electron chi connectivity index (χ0n) is 18.0. The monoisotopic (exact) mass is 463 g/mol. The summed E-state index contributed by atoms with van der Waals surface area (Å²) in [5.41, 5.74) is 2.13. The lowest BCUT2D eigenvalue weighted by Gasteiger charge is -2.15. The average Bonchev–Trinajstić information content (AvgIpc) is 3.57. The molecule has 8 nitrogen and oxygen atoms in total. The van der Waals surface area contributed by atoms with Crippen LogP contribution >= 0.6 is 11.3 Å². The molecule has 0 saturated carbocycles. The number of esters is 1. The van der Waals surface area contributed by atoms with E-state index in [0.29, 0.717) is 16.4 Å². The number of amides is 1. The maximum atomic E-state index is 12.9. The number of aromatic nitrogens is 2. The summed E-state index contributed by atoms with van der Waals surface area (Å²) in [6.45, 7) is 0.0604. The van der Waals surface area contributed by atoms with E-state index in [2.05, 4.69) is 10.4 Å². The molecule has 0 aliphatic rings. The molecule has 2 aromatic heterocycles. The lowest BCUT2D eigenvalue weighted by atomic mass is 10.1. The van der Waals surface area contributed by atoms with Crippen molar-refractivity contribution in [3.63, 3.8) is 0 Å². The number of hydrogen-bond donors (Lipinski definition) is 1. The van der Waals surface area contributed by atoms with Crippen LogP contribution in [-0.2, 0) is 11.3 Å². The molecule has 1 N–H and O–H groups in total.